The molecule has 1 N–H and O–H groups in total. The zero-order chi connectivity index (χ0) is 24.2. The molecule has 0 saturated carbocycles. The van der Waals surface area contributed by atoms with Crippen molar-refractivity contribution in [2.75, 3.05) is 24.7 Å². The fourth-order valence-corrected chi connectivity index (χ4v) is 3.91. The summed E-state index contributed by atoms with van der Waals surface area (Å²) < 4.78 is 35.8. The van der Waals surface area contributed by atoms with E-state index < -0.39 is 16.1 Å². The summed E-state index contributed by atoms with van der Waals surface area (Å²) >= 11 is 0. The van der Waals surface area contributed by atoms with Crippen molar-refractivity contribution < 1.29 is 22.7 Å². The van der Waals surface area contributed by atoms with Crippen LogP contribution in [0.25, 0.3) is 0 Å². The smallest absolute Gasteiger partial charge is 0.261 e. The maximum atomic E-state index is 12.7. The largest absolute Gasteiger partial charge is 0.496 e. The molecular weight excluding hydrogens is 428 g/mol. The molecule has 0 heterocycles. The lowest BCUT2D eigenvalue weighted by Gasteiger charge is -2.23. The Morgan fingerprint density at radius 1 is 1.03 bits per heavy atom. The van der Waals surface area contributed by atoms with Crippen LogP contribution in [0.2, 0.25) is 0 Å². The first kappa shape index (κ1) is 25.5. The summed E-state index contributed by atoms with van der Waals surface area (Å²) in [5.74, 6) is 1.38. The van der Waals surface area contributed by atoms with E-state index in [4.69, 9.17) is 9.47 Å². The third kappa shape index (κ3) is 6.16. The van der Waals surface area contributed by atoms with Crippen molar-refractivity contribution in [2.45, 2.75) is 52.7 Å². The third-order valence-electron chi connectivity index (χ3n) is 5.45. The number of carbonyl (C=O) groups excluding carboxylic acids is 1. The number of nitrogens with zero attached hydrogens (tertiary/aromatic N) is 1. The van der Waals surface area contributed by atoms with Crippen LogP contribution < -0.4 is 19.1 Å². The second kappa shape index (κ2) is 10.3. The molecule has 0 aliphatic rings. The summed E-state index contributed by atoms with van der Waals surface area (Å²) in [7, 11) is -0.198. The van der Waals surface area contributed by atoms with Gasteiger partial charge in [-0.3, -0.25) is 9.10 Å². The van der Waals surface area contributed by atoms with Crippen LogP contribution in [-0.2, 0) is 14.8 Å². The number of nitrogens with one attached hydrogen (secondary N) is 1. The Morgan fingerprint density at radius 2 is 1.62 bits per heavy atom. The van der Waals surface area contributed by atoms with Gasteiger partial charge in [-0.15, -0.1) is 0 Å². The molecule has 0 radical (unpaired) electrons. The summed E-state index contributed by atoms with van der Waals surface area (Å²) in [4.78, 5) is 12.7. The number of rotatable bonds is 9. The lowest BCUT2D eigenvalue weighted by atomic mass is 9.93. The molecule has 0 aliphatic heterocycles. The average molecular weight is 463 g/mol. The van der Waals surface area contributed by atoms with Crippen LogP contribution in [0.3, 0.4) is 0 Å². The van der Waals surface area contributed by atoms with Gasteiger partial charge in [0, 0.05) is 7.05 Å². The van der Waals surface area contributed by atoms with Crippen LogP contribution in [0, 0.1) is 6.92 Å². The van der Waals surface area contributed by atoms with E-state index >= 15 is 0 Å². The minimum Gasteiger partial charge on any atom is -0.496 e. The maximum Gasteiger partial charge on any atom is 0.261 e. The number of anilines is 1. The van der Waals surface area contributed by atoms with Crippen molar-refractivity contribution in [3.63, 3.8) is 0 Å². The van der Waals surface area contributed by atoms with Gasteiger partial charge < -0.3 is 14.8 Å². The fourth-order valence-electron chi connectivity index (χ4n) is 3.40. The Morgan fingerprint density at radius 3 is 2.12 bits per heavy atom. The number of amides is 1. The summed E-state index contributed by atoms with van der Waals surface area (Å²) in [6, 6.07) is 10.5. The highest BCUT2D eigenvalue weighted by molar-refractivity contribution is 7.92. The minimum atomic E-state index is -3.34. The van der Waals surface area contributed by atoms with Gasteiger partial charge in [-0.05, 0) is 79.8 Å². The third-order valence-corrected chi connectivity index (χ3v) is 6.65. The number of aryl methyl sites for hydroxylation is 1. The van der Waals surface area contributed by atoms with Crippen molar-refractivity contribution in [3.8, 4) is 11.5 Å². The molecule has 8 heteroatoms. The highest BCUT2D eigenvalue weighted by Gasteiger charge is 2.21. The topological polar surface area (TPSA) is 84.9 Å². The Labute approximate surface area is 191 Å². The number of ether oxygens (including phenoxy) is 2. The van der Waals surface area contributed by atoms with E-state index in [2.05, 4.69) is 25.2 Å². The molecule has 2 aromatic carbocycles. The number of carbonyl (C=O) groups is 1. The fraction of sp³-hybridized carbons (Fsp3) is 0.458. The summed E-state index contributed by atoms with van der Waals surface area (Å²) in [6.07, 6.45) is 0.415. The number of methoxy groups -OCH3 is 1. The second-order valence-corrected chi connectivity index (χ2v) is 10.3. The molecule has 7 nitrogen and oxygen atoms in total. The molecule has 0 aromatic heterocycles. The molecule has 1 amide bonds. The predicted octanol–water partition coefficient (Wildman–Crippen LogP) is 4.17. The van der Waals surface area contributed by atoms with Crippen LogP contribution in [0.1, 0.15) is 56.3 Å². The first-order valence-corrected chi connectivity index (χ1v) is 12.4. The molecule has 0 spiro atoms. The Bertz CT molecular complexity index is 1050. The standard InChI is InChI=1S/C24H34N2O5S/c1-15(2)21-14-22(16(3)13-23(21)30-7)17(4)25-24(27)18(5)31-20-11-9-19(10-12-20)26(6)32(8,28)29/h9-15,17-18H,1-8H3,(H,25,27). The molecule has 0 aliphatic carbocycles. The lowest BCUT2D eigenvalue weighted by Crippen LogP contribution is -2.38. The van der Waals surface area contributed by atoms with Crippen LogP contribution in [0.5, 0.6) is 11.5 Å². The van der Waals surface area contributed by atoms with Crippen LogP contribution in [0.15, 0.2) is 36.4 Å². The highest BCUT2D eigenvalue weighted by Crippen LogP contribution is 2.32. The van der Waals surface area contributed by atoms with Crippen LogP contribution in [0.4, 0.5) is 5.69 Å². The lowest BCUT2D eigenvalue weighted by molar-refractivity contribution is -0.127. The normalized spacial score (nSPS) is 13.4. The first-order valence-electron chi connectivity index (χ1n) is 10.5. The number of sulfonamides is 1. The van der Waals surface area contributed by atoms with Crippen LogP contribution in [-0.4, -0.2) is 40.8 Å². The zero-order valence-electron chi connectivity index (χ0n) is 20.1. The van der Waals surface area contributed by atoms with E-state index in [1.54, 1.807) is 38.3 Å². The van der Waals surface area contributed by atoms with Gasteiger partial charge in [-0.1, -0.05) is 13.8 Å². The monoisotopic (exact) mass is 462 g/mol. The Kier molecular flexibility index (Phi) is 8.18. The van der Waals surface area contributed by atoms with Crippen molar-refractivity contribution in [1.29, 1.82) is 0 Å². The van der Waals surface area contributed by atoms with Gasteiger partial charge in [0.2, 0.25) is 10.0 Å². The quantitative estimate of drug-likeness (QED) is 0.605. The van der Waals surface area contributed by atoms with E-state index in [1.165, 1.54) is 11.4 Å². The molecule has 2 aromatic rings. The van der Waals surface area contributed by atoms with Gasteiger partial charge in [-0.2, -0.15) is 0 Å². The molecule has 2 atom stereocenters. The Balaban J connectivity index is 2.09. The predicted molar refractivity (Wildman–Crippen MR) is 128 cm³/mol. The summed E-state index contributed by atoms with van der Waals surface area (Å²) in [5.41, 5.74) is 3.68. The molecule has 2 rings (SSSR count). The average Bonchev–Trinajstić information content (AvgIpc) is 2.72. The van der Waals surface area contributed by atoms with E-state index in [0.29, 0.717) is 17.4 Å². The number of benzene rings is 2. The zero-order valence-corrected chi connectivity index (χ0v) is 20.9. The van der Waals surface area contributed by atoms with Crippen LogP contribution >= 0.6 is 0 Å². The van der Waals surface area contributed by atoms with Gasteiger partial charge in [0.05, 0.1) is 25.1 Å². The summed E-state index contributed by atoms with van der Waals surface area (Å²) in [6.45, 7) is 9.84. The highest BCUT2D eigenvalue weighted by atomic mass is 32.2. The van der Waals surface area contributed by atoms with Crippen molar-refractivity contribution in [2.24, 2.45) is 0 Å². The SMILES string of the molecule is COc1cc(C)c(C(C)NC(=O)C(C)Oc2ccc(N(C)S(C)(=O)=O)cc2)cc1C(C)C. The first-order chi connectivity index (χ1) is 14.8. The van der Waals surface area contributed by atoms with E-state index in [9.17, 15) is 13.2 Å². The Hall–Kier alpha value is -2.74. The van der Waals surface area contributed by atoms with Crippen molar-refractivity contribution in [3.05, 3.63) is 53.1 Å². The molecule has 32 heavy (non-hydrogen) atoms. The van der Waals surface area contributed by atoms with Gasteiger partial charge in [0.15, 0.2) is 6.10 Å². The van der Waals surface area contributed by atoms with Gasteiger partial charge in [0.25, 0.3) is 5.91 Å². The maximum absolute atomic E-state index is 12.7. The van der Waals surface area contributed by atoms with Crippen molar-refractivity contribution >= 4 is 21.6 Å². The molecular formula is C24H34N2O5S. The van der Waals surface area contributed by atoms with Gasteiger partial charge in [0.1, 0.15) is 11.5 Å². The molecule has 0 fully saturated rings. The second-order valence-electron chi connectivity index (χ2n) is 8.32. The summed E-state index contributed by atoms with van der Waals surface area (Å²) in [5, 5.41) is 3.02. The van der Waals surface area contributed by atoms with E-state index in [0.717, 1.165) is 28.7 Å². The minimum absolute atomic E-state index is 0.206. The van der Waals surface area contributed by atoms with Gasteiger partial charge >= 0.3 is 0 Å². The van der Waals surface area contributed by atoms with Gasteiger partial charge in [-0.25, -0.2) is 8.42 Å². The van der Waals surface area contributed by atoms with Crippen molar-refractivity contribution in [1.82, 2.24) is 5.32 Å². The molecule has 2 unspecified atom stereocenters. The molecule has 0 bridgehead atoms. The van der Waals surface area contributed by atoms with E-state index in [-0.39, 0.29) is 11.9 Å². The molecule has 176 valence electrons. The number of hydrogen-bond donors (Lipinski definition) is 1. The number of hydrogen-bond acceptors (Lipinski definition) is 5. The molecule has 0 saturated heterocycles. The van der Waals surface area contributed by atoms with E-state index in [1.807, 2.05) is 19.9 Å².